The van der Waals surface area contributed by atoms with E-state index in [4.69, 9.17) is 11.5 Å². The third-order valence-electron chi connectivity index (χ3n) is 3.70. The molecular formula is C16H14N4S2. The first-order chi connectivity index (χ1) is 10.5. The summed E-state index contributed by atoms with van der Waals surface area (Å²) in [5.74, 6) is 0. The smallest absolute Gasteiger partial charge is 0.0908 e. The van der Waals surface area contributed by atoms with Crippen LogP contribution < -0.4 is 11.5 Å². The van der Waals surface area contributed by atoms with Gasteiger partial charge >= 0.3 is 0 Å². The second-order valence-electron chi connectivity index (χ2n) is 5.22. The Balaban J connectivity index is 2.02. The maximum Gasteiger partial charge on any atom is 0.0908 e. The van der Waals surface area contributed by atoms with E-state index < -0.39 is 0 Å². The molecule has 4 aromatic rings. The van der Waals surface area contributed by atoms with E-state index in [2.05, 4.69) is 9.97 Å². The summed E-state index contributed by atoms with van der Waals surface area (Å²) < 4.78 is 2.05. The zero-order valence-electron chi connectivity index (χ0n) is 12.2. The average molecular weight is 326 g/mol. The summed E-state index contributed by atoms with van der Waals surface area (Å²) in [6.07, 6.45) is 0. The minimum Gasteiger partial charge on any atom is -0.397 e. The number of anilines is 2. The number of aromatic nitrogens is 2. The molecule has 0 aliphatic rings. The molecule has 2 heterocycles. The normalized spacial score (nSPS) is 11.5. The van der Waals surface area contributed by atoms with Crippen LogP contribution in [0.3, 0.4) is 0 Å². The van der Waals surface area contributed by atoms with Crippen LogP contribution in [0.25, 0.3) is 31.6 Å². The lowest BCUT2D eigenvalue weighted by Crippen LogP contribution is -1.95. The fourth-order valence-corrected chi connectivity index (χ4v) is 4.47. The van der Waals surface area contributed by atoms with Gasteiger partial charge in [-0.25, -0.2) is 9.97 Å². The van der Waals surface area contributed by atoms with Crippen molar-refractivity contribution in [3.8, 4) is 11.1 Å². The molecule has 0 spiro atoms. The molecule has 22 heavy (non-hydrogen) atoms. The molecule has 0 saturated heterocycles. The van der Waals surface area contributed by atoms with E-state index in [1.165, 1.54) is 0 Å². The minimum absolute atomic E-state index is 0.746. The van der Waals surface area contributed by atoms with Crippen molar-refractivity contribution in [3.05, 3.63) is 34.3 Å². The van der Waals surface area contributed by atoms with Crippen LogP contribution in [-0.4, -0.2) is 9.97 Å². The van der Waals surface area contributed by atoms with Gasteiger partial charge in [0.15, 0.2) is 0 Å². The van der Waals surface area contributed by atoms with Gasteiger partial charge in [-0.05, 0) is 38.1 Å². The zero-order chi connectivity index (χ0) is 15.4. The predicted octanol–water partition coefficient (Wildman–Crippen LogP) is 4.35. The van der Waals surface area contributed by atoms with Crippen LogP contribution in [0.1, 0.15) is 10.0 Å². The van der Waals surface area contributed by atoms with Gasteiger partial charge in [-0.2, -0.15) is 0 Å². The number of thiazole rings is 2. The molecule has 0 atom stereocenters. The summed E-state index contributed by atoms with van der Waals surface area (Å²) in [6.45, 7) is 3.98. The molecule has 2 aromatic carbocycles. The molecule has 0 aliphatic heterocycles. The van der Waals surface area contributed by atoms with Crippen LogP contribution in [0.2, 0.25) is 0 Å². The van der Waals surface area contributed by atoms with E-state index in [-0.39, 0.29) is 0 Å². The van der Waals surface area contributed by atoms with Crippen molar-refractivity contribution in [2.75, 3.05) is 11.5 Å². The van der Waals surface area contributed by atoms with Crippen molar-refractivity contribution < 1.29 is 0 Å². The van der Waals surface area contributed by atoms with E-state index in [1.54, 1.807) is 22.7 Å². The fraction of sp³-hybridized carbons (Fsp3) is 0.125. The van der Waals surface area contributed by atoms with Crippen LogP contribution in [0.5, 0.6) is 0 Å². The van der Waals surface area contributed by atoms with Gasteiger partial charge in [-0.15, -0.1) is 22.7 Å². The quantitative estimate of drug-likeness (QED) is 0.510. The molecule has 0 saturated carbocycles. The first kappa shape index (κ1) is 13.5. The Morgan fingerprint density at radius 1 is 0.727 bits per heavy atom. The monoisotopic (exact) mass is 326 g/mol. The number of nitrogens with zero attached hydrogens (tertiary/aromatic N) is 2. The highest BCUT2D eigenvalue weighted by Crippen LogP contribution is 2.41. The summed E-state index contributed by atoms with van der Waals surface area (Å²) >= 11 is 3.23. The van der Waals surface area contributed by atoms with Gasteiger partial charge in [-0.3, -0.25) is 0 Å². The second-order valence-corrected chi connectivity index (χ2v) is 7.62. The van der Waals surface area contributed by atoms with Crippen molar-refractivity contribution >= 4 is 54.5 Å². The Morgan fingerprint density at radius 3 is 1.55 bits per heavy atom. The molecule has 110 valence electrons. The van der Waals surface area contributed by atoms with Crippen molar-refractivity contribution in [1.29, 1.82) is 0 Å². The number of nitrogens with two attached hydrogens (primary N) is 2. The fourth-order valence-electron chi connectivity index (χ4n) is 2.72. The molecule has 6 heteroatoms. The average Bonchev–Trinajstić information content (AvgIpc) is 3.03. The SMILES string of the molecule is Cc1nc2ccc(-c3ccc4nc(C)sc4c3N)c(N)c2s1. The predicted molar refractivity (Wildman–Crippen MR) is 96.5 cm³/mol. The lowest BCUT2D eigenvalue weighted by molar-refractivity contribution is 1.34. The van der Waals surface area contributed by atoms with Gasteiger partial charge in [0.2, 0.25) is 0 Å². The molecular weight excluding hydrogens is 312 g/mol. The first-order valence-electron chi connectivity index (χ1n) is 6.86. The standard InChI is InChI=1S/C16H14N4S2/c1-7-19-11-5-3-9(13(17)15(11)21-7)10-4-6-12-16(14(10)18)22-8(2)20-12/h3-6H,17-18H2,1-2H3. The van der Waals surface area contributed by atoms with E-state index >= 15 is 0 Å². The largest absolute Gasteiger partial charge is 0.397 e. The summed E-state index contributed by atoms with van der Waals surface area (Å²) in [4.78, 5) is 8.97. The number of benzene rings is 2. The Labute approximate surface area is 135 Å². The lowest BCUT2D eigenvalue weighted by Gasteiger charge is -2.10. The molecule has 0 bridgehead atoms. The highest BCUT2D eigenvalue weighted by Gasteiger charge is 2.15. The molecule has 0 unspecified atom stereocenters. The number of aryl methyl sites for hydroxylation is 2. The maximum absolute atomic E-state index is 6.39. The Hall–Kier alpha value is -2.18. The molecule has 0 amide bonds. The van der Waals surface area contributed by atoms with Crippen LogP contribution >= 0.6 is 22.7 Å². The minimum atomic E-state index is 0.746. The van der Waals surface area contributed by atoms with Gasteiger partial charge in [-0.1, -0.05) is 0 Å². The lowest BCUT2D eigenvalue weighted by atomic mass is 10.0. The number of rotatable bonds is 1. The number of fused-ring (bicyclic) bond motifs is 2. The third kappa shape index (κ3) is 1.88. The van der Waals surface area contributed by atoms with Crippen LogP contribution in [0.4, 0.5) is 11.4 Å². The number of hydrogen-bond acceptors (Lipinski definition) is 6. The Morgan fingerprint density at radius 2 is 1.14 bits per heavy atom. The molecule has 2 aromatic heterocycles. The summed E-state index contributed by atoms with van der Waals surface area (Å²) in [5, 5.41) is 2.03. The molecule has 4 N–H and O–H groups in total. The summed E-state index contributed by atoms with van der Waals surface area (Å²) in [6, 6.07) is 8.02. The molecule has 0 fully saturated rings. The Bertz CT molecular complexity index is 946. The van der Waals surface area contributed by atoms with E-state index in [9.17, 15) is 0 Å². The van der Waals surface area contributed by atoms with Crippen LogP contribution in [-0.2, 0) is 0 Å². The first-order valence-corrected chi connectivity index (χ1v) is 8.49. The van der Waals surface area contributed by atoms with Gasteiger partial charge in [0.1, 0.15) is 0 Å². The second kappa shape index (κ2) is 4.66. The Kier molecular flexibility index (Phi) is 2.85. The molecule has 4 rings (SSSR count). The van der Waals surface area contributed by atoms with Crippen molar-refractivity contribution in [1.82, 2.24) is 9.97 Å². The van der Waals surface area contributed by atoms with E-state index in [0.717, 1.165) is 53.0 Å². The van der Waals surface area contributed by atoms with E-state index in [1.807, 2.05) is 38.1 Å². The van der Waals surface area contributed by atoms with Crippen molar-refractivity contribution in [3.63, 3.8) is 0 Å². The highest BCUT2D eigenvalue weighted by atomic mass is 32.1. The maximum atomic E-state index is 6.39. The van der Waals surface area contributed by atoms with Crippen LogP contribution in [0, 0.1) is 13.8 Å². The van der Waals surface area contributed by atoms with Gasteiger partial charge in [0, 0.05) is 11.1 Å². The van der Waals surface area contributed by atoms with Crippen molar-refractivity contribution in [2.45, 2.75) is 13.8 Å². The summed E-state index contributed by atoms with van der Waals surface area (Å²) in [5.41, 5.74) is 18.1. The topological polar surface area (TPSA) is 77.8 Å². The van der Waals surface area contributed by atoms with E-state index in [0.29, 0.717) is 0 Å². The zero-order valence-corrected chi connectivity index (χ0v) is 13.8. The summed E-state index contributed by atoms with van der Waals surface area (Å²) in [7, 11) is 0. The van der Waals surface area contributed by atoms with Gasteiger partial charge in [0.05, 0.1) is 41.8 Å². The van der Waals surface area contributed by atoms with Crippen LogP contribution in [0.15, 0.2) is 24.3 Å². The van der Waals surface area contributed by atoms with Gasteiger partial charge < -0.3 is 11.5 Å². The van der Waals surface area contributed by atoms with Gasteiger partial charge in [0.25, 0.3) is 0 Å². The molecule has 4 nitrogen and oxygen atoms in total. The molecule has 0 aliphatic carbocycles. The molecule has 0 radical (unpaired) electrons. The van der Waals surface area contributed by atoms with Crippen molar-refractivity contribution in [2.24, 2.45) is 0 Å². The number of nitrogen functional groups attached to an aromatic ring is 2. The number of hydrogen-bond donors (Lipinski definition) is 2. The highest BCUT2D eigenvalue weighted by molar-refractivity contribution is 7.19. The third-order valence-corrected chi connectivity index (χ3v) is 5.74.